The fraction of sp³-hybridized carbons (Fsp3) is 0.579. The normalized spacial score (nSPS) is 23.4. The number of benzene rings is 1. The van der Waals surface area contributed by atoms with E-state index in [2.05, 4.69) is 0 Å². The number of alkyl halides is 1. The first-order valence-electron chi connectivity index (χ1n) is 8.53. The lowest BCUT2D eigenvalue weighted by Gasteiger charge is -2.25. The van der Waals surface area contributed by atoms with Crippen LogP contribution in [-0.4, -0.2) is 47.9 Å². The maximum absolute atomic E-state index is 15.6. The average Bonchev–Trinajstić information content (AvgIpc) is 2.86. The molecule has 1 aromatic carbocycles. The third-order valence-electron chi connectivity index (χ3n) is 4.10. The van der Waals surface area contributed by atoms with Crippen LogP contribution in [0.15, 0.2) is 30.3 Å². The number of halogens is 1. The van der Waals surface area contributed by atoms with Gasteiger partial charge in [-0.3, -0.25) is 0 Å². The Kier molecular flexibility index (Phi) is 5.70. The summed E-state index contributed by atoms with van der Waals surface area (Å²) in [5, 5.41) is 0. The number of ether oxygens (including phenoxy) is 2. The Hall–Kier alpha value is -2.11. The van der Waals surface area contributed by atoms with Gasteiger partial charge in [0.15, 0.2) is 0 Å². The molecule has 2 rings (SSSR count). The molecule has 1 saturated heterocycles. The first-order valence-corrected chi connectivity index (χ1v) is 8.53. The molecule has 1 amide bonds. The molecule has 6 heteroatoms. The molecule has 1 heterocycles. The van der Waals surface area contributed by atoms with Gasteiger partial charge in [-0.1, -0.05) is 30.3 Å². The Morgan fingerprint density at radius 1 is 1.28 bits per heavy atom. The van der Waals surface area contributed by atoms with Crippen LogP contribution < -0.4 is 0 Å². The van der Waals surface area contributed by atoms with Crippen LogP contribution in [0.25, 0.3) is 0 Å². The Balaban J connectivity index is 2.21. The molecule has 1 aliphatic rings. The summed E-state index contributed by atoms with van der Waals surface area (Å²) >= 11 is 0. The summed E-state index contributed by atoms with van der Waals surface area (Å²) in [5.41, 5.74) is -2.01. The SMILES string of the molecule is CCOC(=O)[C@]1(F)CN(C(=O)OC(C)(C)C)C[C@H]1Cc1ccccc1. The van der Waals surface area contributed by atoms with E-state index in [4.69, 9.17) is 9.47 Å². The molecule has 0 spiro atoms. The Morgan fingerprint density at radius 3 is 2.48 bits per heavy atom. The van der Waals surface area contributed by atoms with Gasteiger partial charge in [0.1, 0.15) is 5.60 Å². The quantitative estimate of drug-likeness (QED) is 0.781. The third-order valence-corrected chi connectivity index (χ3v) is 4.10. The number of carbonyl (C=O) groups excluding carboxylic acids is 2. The van der Waals surface area contributed by atoms with E-state index in [9.17, 15) is 9.59 Å². The van der Waals surface area contributed by atoms with Crippen LogP contribution in [0.1, 0.15) is 33.3 Å². The van der Waals surface area contributed by atoms with Crippen molar-refractivity contribution in [2.75, 3.05) is 19.7 Å². The van der Waals surface area contributed by atoms with Crippen molar-refractivity contribution in [3.05, 3.63) is 35.9 Å². The number of likely N-dealkylation sites (tertiary alicyclic amines) is 1. The summed E-state index contributed by atoms with van der Waals surface area (Å²) in [6, 6.07) is 9.35. The second kappa shape index (κ2) is 7.42. The molecule has 0 unspecified atom stereocenters. The molecule has 0 saturated carbocycles. The van der Waals surface area contributed by atoms with Gasteiger partial charge in [-0.05, 0) is 39.7 Å². The van der Waals surface area contributed by atoms with Crippen molar-refractivity contribution in [2.45, 2.75) is 45.4 Å². The molecule has 1 aliphatic heterocycles. The van der Waals surface area contributed by atoms with Gasteiger partial charge in [0.05, 0.1) is 13.2 Å². The standard InChI is InChI=1S/C19H26FNO4/c1-5-24-16(22)19(20)13-21(17(23)25-18(2,3)4)12-15(19)11-14-9-7-6-8-10-14/h6-10,15H,5,11-13H2,1-4H3/t15-,19+/m1/s1. The number of hydrogen-bond acceptors (Lipinski definition) is 4. The molecular weight excluding hydrogens is 325 g/mol. The van der Waals surface area contributed by atoms with Crippen molar-refractivity contribution in [3.63, 3.8) is 0 Å². The first-order chi connectivity index (χ1) is 11.7. The Bertz CT molecular complexity index is 614. The first kappa shape index (κ1) is 19.2. The molecule has 1 fully saturated rings. The molecule has 2 atom stereocenters. The largest absolute Gasteiger partial charge is 0.464 e. The molecule has 0 aromatic heterocycles. The van der Waals surface area contributed by atoms with Crippen LogP contribution in [-0.2, 0) is 20.7 Å². The summed E-state index contributed by atoms with van der Waals surface area (Å²) in [5.74, 6) is -1.59. The predicted molar refractivity (Wildman–Crippen MR) is 91.9 cm³/mol. The monoisotopic (exact) mass is 351 g/mol. The van der Waals surface area contributed by atoms with Gasteiger partial charge < -0.3 is 14.4 Å². The van der Waals surface area contributed by atoms with Crippen molar-refractivity contribution in [2.24, 2.45) is 5.92 Å². The molecule has 0 radical (unpaired) electrons. The average molecular weight is 351 g/mol. The second-order valence-corrected chi connectivity index (χ2v) is 7.33. The molecule has 0 N–H and O–H groups in total. The molecule has 0 bridgehead atoms. The van der Waals surface area contributed by atoms with Crippen molar-refractivity contribution in [1.82, 2.24) is 4.90 Å². The number of esters is 1. The zero-order chi connectivity index (χ0) is 18.7. The number of carbonyl (C=O) groups is 2. The zero-order valence-electron chi connectivity index (χ0n) is 15.3. The van der Waals surface area contributed by atoms with E-state index >= 15 is 4.39 Å². The zero-order valence-corrected chi connectivity index (χ0v) is 15.3. The van der Waals surface area contributed by atoms with Crippen molar-refractivity contribution in [3.8, 4) is 0 Å². The summed E-state index contributed by atoms with van der Waals surface area (Å²) in [4.78, 5) is 25.8. The van der Waals surface area contributed by atoms with Gasteiger partial charge in [0.2, 0.25) is 5.67 Å². The maximum Gasteiger partial charge on any atom is 0.410 e. The molecule has 25 heavy (non-hydrogen) atoms. The van der Waals surface area contributed by atoms with Crippen molar-refractivity contribution < 1.29 is 23.5 Å². The Labute approximate surface area is 148 Å². The smallest absolute Gasteiger partial charge is 0.410 e. The minimum absolute atomic E-state index is 0.0923. The molecule has 0 aliphatic carbocycles. The van der Waals surface area contributed by atoms with Crippen LogP contribution in [0, 0.1) is 5.92 Å². The number of hydrogen-bond donors (Lipinski definition) is 0. The lowest BCUT2D eigenvalue weighted by molar-refractivity contribution is -0.159. The van der Waals surface area contributed by atoms with Crippen LogP contribution in [0.3, 0.4) is 0 Å². The highest BCUT2D eigenvalue weighted by Gasteiger charge is 2.55. The van der Waals surface area contributed by atoms with Crippen LogP contribution in [0.4, 0.5) is 9.18 Å². The van der Waals surface area contributed by atoms with Gasteiger partial charge in [-0.2, -0.15) is 0 Å². The van der Waals surface area contributed by atoms with Crippen molar-refractivity contribution >= 4 is 12.1 Å². The third kappa shape index (κ3) is 4.71. The van der Waals surface area contributed by atoms with Gasteiger partial charge in [0, 0.05) is 12.5 Å². The van der Waals surface area contributed by atoms with Gasteiger partial charge in [0.25, 0.3) is 0 Å². The fourth-order valence-corrected chi connectivity index (χ4v) is 2.95. The fourth-order valence-electron chi connectivity index (χ4n) is 2.95. The highest BCUT2D eigenvalue weighted by molar-refractivity contribution is 5.82. The van der Waals surface area contributed by atoms with Gasteiger partial charge in [-0.25, -0.2) is 14.0 Å². The highest BCUT2D eigenvalue weighted by atomic mass is 19.1. The predicted octanol–water partition coefficient (Wildman–Crippen LogP) is 3.37. The van der Waals surface area contributed by atoms with Gasteiger partial charge in [-0.15, -0.1) is 0 Å². The number of amides is 1. The Morgan fingerprint density at radius 2 is 1.92 bits per heavy atom. The minimum atomic E-state index is -2.23. The van der Waals surface area contributed by atoms with Crippen molar-refractivity contribution in [1.29, 1.82) is 0 Å². The summed E-state index contributed by atoms with van der Waals surface area (Å²) < 4.78 is 25.8. The lowest BCUT2D eigenvalue weighted by atomic mass is 9.87. The van der Waals surface area contributed by atoms with E-state index < -0.39 is 29.3 Å². The molecule has 1 aromatic rings. The van der Waals surface area contributed by atoms with Crippen LogP contribution in [0.5, 0.6) is 0 Å². The summed E-state index contributed by atoms with van der Waals surface area (Å²) in [6.45, 7) is 6.73. The molecule has 138 valence electrons. The molecular formula is C19H26FNO4. The highest BCUT2D eigenvalue weighted by Crippen LogP contribution is 2.36. The van der Waals surface area contributed by atoms with E-state index in [-0.39, 0.29) is 19.7 Å². The van der Waals surface area contributed by atoms with E-state index in [0.29, 0.717) is 6.42 Å². The summed E-state index contributed by atoms with van der Waals surface area (Å²) in [6.07, 6.45) is -0.274. The minimum Gasteiger partial charge on any atom is -0.464 e. The molecule has 5 nitrogen and oxygen atoms in total. The maximum atomic E-state index is 15.6. The van der Waals surface area contributed by atoms with Gasteiger partial charge >= 0.3 is 12.1 Å². The van der Waals surface area contributed by atoms with E-state index in [1.165, 1.54) is 4.90 Å². The topological polar surface area (TPSA) is 55.8 Å². The number of nitrogens with zero attached hydrogens (tertiary/aromatic N) is 1. The summed E-state index contributed by atoms with van der Waals surface area (Å²) in [7, 11) is 0. The van der Waals surface area contributed by atoms with Crippen LogP contribution >= 0.6 is 0 Å². The lowest BCUT2D eigenvalue weighted by Crippen LogP contribution is -2.45. The van der Waals surface area contributed by atoms with E-state index in [0.717, 1.165) is 5.56 Å². The van der Waals surface area contributed by atoms with Crippen LogP contribution in [0.2, 0.25) is 0 Å². The second-order valence-electron chi connectivity index (χ2n) is 7.33. The van der Waals surface area contributed by atoms with E-state index in [1.54, 1.807) is 27.7 Å². The number of rotatable bonds is 4. The van der Waals surface area contributed by atoms with E-state index in [1.807, 2.05) is 30.3 Å².